The van der Waals surface area contributed by atoms with Gasteiger partial charge in [-0.15, -0.1) is 0 Å². The third-order valence-electron chi connectivity index (χ3n) is 5.88. The molecule has 2 bridgehead atoms. The third kappa shape index (κ3) is 1.96. The van der Waals surface area contributed by atoms with E-state index >= 15 is 0 Å². The zero-order chi connectivity index (χ0) is 15.7. The van der Waals surface area contributed by atoms with Crippen molar-refractivity contribution in [3.05, 3.63) is 34.4 Å². The highest BCUT2D eigenvalue weighted by molar-refractivity contribution is 5.82. The first-order valence-corrected chi connectivity index (χ1v) is 8.59. The summed E-state index contributed by atoms with van der Waals surface area (Å²) >= 11 is 0. The van der Waals surface area contributed by atoms with Crippen LogP contribution in [0.25, 0.3) is 10.9 Å². The number of hydrogen-bond donors (Lipinski definition) is 0. The van der Waals surface area contributed by atoms with E-state index in [0.29, 0.717) is 18.0 Å². The van der Waals surface area contributed by atoms with Crippen LogP contribution in [0.4, 0.5) is 5.69 Å². The number of hydrogen-bond acceptors (Lipinski definition) is 4. The van der Waals surface area contributed by atoms with Gasteiger partial charge in [-0.3, -0.25) is 14.3 Å². The van der Waals surface area contributed by atoms with Crippen molar-refractivity contribution in [2.24, 2.45) is 7.05 Å². The van der Waals surface area contributed by atoms with E-state index < -0.39 is 0 Å². The maximum atomic E-state index is 12.8. The van der Waals surface area contributed by atoms with E-state index in [1.807, 2.05) is 13.1 Å². The Hall–Kier alpha value is -1.88. The molecule has 2 atom stereocenters. The molecule has 2 saturated heterocycles. The van der Waals surface area contributed by atoms with Gasteiger partial charge in [0.2, 0.25) is 0 Å². The Morgan fingerprint density at radius 1 is 1.13 bits per heavy atom. The molecule has 1 aromatic carbocycles. The summed E-state index contributed by atoms with van der Waals surface area (Å²) in [6, 6.07) is 7.49. The van der Waals surface area contributed by atoms with E-state index in [2.05, 4.69) is 29.0 Å². The number of benzene rings is 1. The smallest absolute Gasteiger partial charge is 0.261 e. The van der Waals surface area contributed by atoms with Gasteiger partial charge in [0.25, 0.3) is 5.56 Å². The highest BCUT2D eigenvalue weighted by Crippen LogP contribution is 2.39. The molecule has 0 amide bonds. The molecule has 1 saturated carbocycles. The number of rotatable bonds is 2. The lowest BCUT2D eigenvalue weighted by molar-refractivity contribution is 0.292. The van der Waals surface area contributed by atoms with Crippen LogP contribution in [0.3, 0.4) is 0 Å². The van der Waals surface area contributed by atoms with Crippen LogP contribution < -0.4 is 10.5 Å². The first-order valence-electron chi connectivity index (χ1n) is 8.59. The summed E-state index contributed by atoms with van der Waals surface area (Å²) in [7, 11) is 4.07. The fourth-order valence-corrected chi connectivity index (χ4v) is 4.34. The third-order valence-corrected chi connectivity index (χ3v) is 5.88. The molecule has 5 nitrogen and oxygen atoms in total. The SMILES string of the molecule is CN1C[C@@H]2C[C@H]1CN2c1ccc2nc(C3CC3)n(C)c(=O)c2c1. The van der Waals surface area contributed by atoms with Crippen molar-refractivity contribution in [2.45, 2.75) is 37.3 Å². The number of aromatic nitrogens is 2. The van der Waals surface area contributed by atoms with E-state index in [-0.39, 0.29) is 5.56 Å². The second kappa shape index (κ2) is 4.57. The summed E-state index contributed by atoms with van der Waals surface area (Å²) in [6.45, 7) is 2.19. The molecule has 120 valence electrons. The number of likely N-dealkylation sites (N-methyl/N-ethyl adjacent to an activating group) is 1. The predicted octanol–water partition coefficient (Wildman–Crippen LogP) is 1.70. The second-order valence-electron chi connectivity index (χ2n) is 7.45. The predicted molar refractivity (Wildman–Crippen MR) is 91.1 cm³/mol. The number of anilines is 1. The number of likely N-dealkylation sites (tertiary alicyclic amines) is 1. The first kappa shape index (κ1) is 13.5. The van der Waals surface area contributed by atoms with Gasteiger partial charge in [-0.2, -0.15) is 0 Å². The van der Waals surface area contributed by atoms with Crippen LogP contribution in [0.1, 0.15) is 31.0 Å². The van der Waals surface area contributed by atoms with Gasteiger partial charge in [-0.25, -0.2) is 4.98 Å². The van der Waals surface area contributed by atoms with Gasteiger partial charge in [0.05, 0.1) is 10.9 Å². The number of piperazine rings is 1. The highest BCUT2D eigenvalue weighted by atomic mass is 16.1. The van der Waals surface area contributed by atoms with E-state index in [4.69, 9.17) is 4.98 Å². The van der Waals surface area contributed by atoms with Crippen LogP contribution in [0.2, 0.25) is 0 Å². The minimum atomic E-state index is 0.0974. The van der Waals surface area contributed by atoms with E-state index in [1.165, 1.54) is 12.1 Å². The van der Waals surface area contributed by atoms with Gasteiger partial charge in [-0.05, 0) is 44.5 Å². The lowest BCUT2D eigenvalue weighted by atomic mass is 10.1. The van der Waals surface area contributed by atoms with Crippen LogP contribution >= 0.6 is 0 Å². The molecular formula is C18H22N4O. The van der Waals surface area contributed by atoms with Crippen LogP contribution in [0.15, 0.2) is 23.0 Å². The van der Waals surface area contributed by atoms with Crippen LogP contribution in [0, 0.1) is 0 Å². The lowest BCUT2D eigenvalue weighted by Gasteiger charge is -2.33. The normalized spacial score (nSPS) is 27.3. The molecule has 1 aliphatic carbocycles. The quantitative estimate of drug-likeness (QED) is 0.847. The highest BCUT2D eigenvalue weighted by Gasteiger charge is 2.41. The van der Waals surface area contributed by atoms with Crippen molar-refractivity contribution in [2.75, 3.05) is 25.0 Å². The Bertz CT molecular complexity index is 852. The van der Waals surface area contributed by atoms with Gasteiger partial charge in [0.1, 0.15) is 5.82 Å². The molecule has 3 fully saturated rings. The molecule has 0 unspecified atom stereocenters. The van der Waals surface area contributed by atoms with Crippen LogP contribution in [-0.4, -0.2) is 46.7 Å². The summed E-state index contributed by atoms with van der Waals surface area (Å²) in [5.41, 5.74) is 2.12. The van der Waals surface area contributed by atoms with Gasteiger partial charge < -0.3 is 4.90 Å². The Labute approximate surface area is 135 Å². The number of nitrogens with zero attached hydrogens (tertiary/aromatic N) is 4. The molecule has 2 aliphatic heterocycles. The van der Waals surface area contributed by atoms with Gasteiger partial charge in [-0.1, -0.05) is 0 Å². The minimum Gasteiger partial charge on any atom is -0.366 e. The molecule has 3 heterocycles. The summed E-state index contributed by atoms with van der Waals surface area (Å²) in [4.78, 5) is 22.4. The molecule has 0 N–H and O–H groups in total. The maximum Gasteiger partial charge on any atom is 0.261 e. The molecule has 3 aliphatic rings. The minimum absolute atomic E-state index is 0.0974. The van der Waals surface area contributed by atoms with Crippen molar-refractivity contribution in [3.63, 3.8) is 0 Å². The monoisotopic (exact) mass is 310 g/mol. The van der Waals surface area contributed by atoms with Crippen molar-refractivity contribution in [1.29, 1.82) is 0 Å². The van der Waals surface area contributed by atoms with Crippen molar-refractivity contribution in [3.8, 4) is 0 Å². The molecule has 0 radical (unpaired) electrons. The Morgan fingerprint density at radius 3 is 2.61 bits per heavy atom. The summed E-state index contributed by atoms with van der Waals surface area (Å²) in [5.74, 6) is 1.44. The van der Waals surface area contributed by atoms with Crippen LogP contribution in [0.5, 0.6) is 0 Å². The molecular weight excluding hydrogens is 288 g/mol. The fourth-order valence-electron chi connectivity index (χ4n) is 4.34. The lowest BCUT2D eigenvalue weighted by Crippen LogP contribution is -2.44. The van der Waals surface area contributed by atoms with Gasteiger partial charge in [0, 0.05) is 43.8 Å². The van der Waals surface area contributed by atoms with E-state index in [0.717, 1.165) is 42.7 Å². The van der Waals surface area contributed by atoms with Crippen molar-refractivity contribution in [1.82, 2.24) is 14.5 Å². The molecule has 2 aromatic rings. The topological polar surface area (TPSA) is 41.4 Å². The standard InChI is InChI=1S/C18H22N4O/c1-20-9-14-7-13(20)10-22(14)12-5-6-16-15(8-12)18(23)21(2)17(19-16)11-3-4-11/h5-6,8,11,13-14H,3-4,7,9-10H2,1-2H3/t13-,14-/m0/s1. The second-order valence-corrected chi connectivity index (χ2v) is 7.45. The Morgan fingerprint density at radius 2 is 1.96 bits per heavy atom. The maximum absolute atomic E-state index is 12.8. The first-order chi connectivity index (χ1) is 11.1. The average Bonchev–Trinajstić information content (AvgIpc) is 3.22. The largest absolute Gasteiger partial charge is 0.366 e. The zero-order valence-corrected chi connectivity index (χ0v) is 13.7. The molecule has 0 spiro atoms. The summed E-state index contributed by atoms with van der Waals surface area (Å²) in [5, 5.41) is 0.755. The van der Waals surface area contributed by atoms with Crippen molar-refractivity contribution >= 4 is 16.6 Å². The van der Waals surface area contributed by atoms with E-state index in [9.17, 15) is 4.79 Å². The Kier molecular flexibility index (Phi) is 2.69. The Balaban J connectivity index is 1.59. The van der Waals surface area contributed by atoms with E-state index in [1.54, 1.807) is 4.57 Å². The zero-order valence-electron chi connectivity index (χ0n) is 13.7. The molecule has 5 rings (SSSR count). The summed E-state index contributed by atoms with van der Waals surface area (Å²) in [6.07, 6.45) is 3.56. The molecule has 1 aromatic heterocycles. The van der Waals surface area contributed by atoms with Gasteiger partial charge in [0.15, 0.2) is 0 Å². The molecule has 23 heavy (non-hydrogen) atoms. The summed E-state index contributed by atoms with van der Waals surface area (Å²) < 4.78 is 1.76. The van der Waals surface area contributed by atoms with Crippen LogP contribution in [-0.2, 0) is 7.05 Å². The molecule has 5 heteroatoms. The van der Waals surface area contributed by atoms with Crippen molar-refractivity contribution < 1.29 is 0 Å². The van der Waals surface area contributed by atoms with Gasteiger partial charge >= 0.3 is 0 Å². The number of fused-ring (bicyclic) bond motifs is 3. The average molecular weight is 310 g/mol. The fraction of sp³-hybridized carbons (Fsp3) is 0.556.